The molecule has 134 valence electrons. The zero-order valence-corrected chi connectivity index (χ0v) is 15.3. The van der Waals surface area contributed by atoms with Crippen LogP contribution in [0, 0.1) is 5.92 Å². The third kappa shape index (κ3) is 4.55. The highest BCUT2D eigenvalue weighted by molar-refractivity contribution is 7.86. The van der Waals surface area contributed by atoms with Crippen LogP contribution in [-0.2, 0) is 21.5 Å². The van der Waals surface area contributed by atoms with E-state index in [1.807, 2.05) is 44.2 Å². The Morgan fingerprint density at radius 1 is 1.25 bits per heavy atom. The second-order valence-corrected chi connectivity index (χ2v) is 7.92. The largest absolute Gasteiger partial charge is 0.352 e. The van der Waals surface area contributed by atoms with E-state index < -0.39 is 10.2 Å². The van der Waals surface area contributed by atoms with Gasteiger partial charge in [0, 0.05) is 32.7 Å². The van der Waals surface area contributed by atoms with Crippen molar-refractivity contribution in [1.82, 2.24) is 13.9 Å². The minimum atomic E-state index is -3.47. The molecular formula is C17H27N3O3S. The normalized spacial score (nSPS) is 19.4. The molecule has 1 atom stereocenters. The Balaban J connectivity index is 1.96. The Labute approximate surface area is 145 Å². The summed E-state index contributed by atoms with van der Waals surface area (Å²) in [7, 11) is -3.47. The van der Waals surface area contributed by atoms with Crippen molar-refractivity contribution in [2.24, 2.45) is 5.92 Å². The van der Waals surface area contributed by atoms with E-state index in [0.717, 1.165) is 12.0 Å². The van der Waals surface area contributed by atoms with Gasteiger partial charge in [0.2, 0.25) is 5.91 Å². The molecule has 1 amide bonds. The molecule has 0 saturated carbocycles. The summed E-state index contributed by atoms with van der Waals surface area (Å²) in [5.74, 6) is -0.355. The summed E-state index contributed by atoms with van der Waals surface area (Å²) in [6, 6.07) is 9.71. The van der Waals surface area contributed by atoms with E-state index in [0.29, 0.717) is 32.6 Å². The third-order valence-electron chi connectivity index (χ3n) is 4.42. The summed E-state index contributed by atoms with van der Waals surface area (Å²) in [6.07, 6.45) is 1.44. The Kier molecular flexibility index (Phi) is 6.77. The molecular weight excluding hydrogens is 326 g/mol. The number of piperidine rings is 1. The van der Waals surface area contributed by atoms with Gasteiger partial charge in [-0.25, -0.2) is 0 Å². The second kappa shape index (κ2) is 8.60. The van der Waals surface area contributed by atoms with Crippen molar-refractivity contribution in [3.8, 4) is 0 Å². The molecule has 1 N–H and O–H groups in total. The van der Waals surface area contributed by atoms with Gasteiger partial charge >= 0.3 is 0 Å². The van der Waals surface area contributed by atoms with Gasteiger partial charge in [0.05, 0.1) is 5.92 Å². The van der Waals surface area contributed by atoms with Crippen molar-refractivity contribution in [2.45, 2.75) is 33.2 Å². The Morgan fingerprint density at radius 2 is 1.92 bits per heavy atom. The van der Waals surface area contributed by atoms with Crippen LogP contribution < -0.4 is 5.32 Å². The number of hydrogen-bond acceptors (Lipinski definition) is 3. The average molecular weight is 353 g/mol. The fraction of sp³-hybridized carbons (Fsp3) is 0.588. The summed E-state index contributed by atoms with van der Waals surface area (Å²) in [5, 5.41) is 2.92. The summed E-state index contributed by atoms with van der Waals surface area (Å²) >= 11 is 0. The van der Waals surface area contributed by atoms with Crippen molar-refractivity contribution in [2.75, 3.05) is 26.2 Å². The van der Waals surface area contributed by atoms with Crippen molar-refractivity contribution in [3.05, 3.63) is 35.9 Å². The number of carbonyl (C=O) groups excluding carboxylic acids is 1. The van der Waals surface area contributed by atoms with Crippen molar-refractivity contribution in [3.63, 3.8) is 0 Å². The summed E-state index contributed by atoms with van der Waals surface area (Å²) in [5.41, 5.74) is 1.04. The fourth-order valence-corrected chi connectivity index (χ4v) is 4.72. The van der Waals surface area contributed by atoms with Gasteiger partial charge in [-0.05, 0) is 18.4 Å². The molecule has 7 heteroatoms. The smallest absolute Gasteiger partial charge is 0.281 e. The topological polar surface area (TPSA) is 69.7 Å². The number of hydrogen-bond donors (Lipinski definition) is 1. The van der Waals surface area contributed by atoms with Crippen LogP contribution in [-0.4, -0.2) is 49.1 Å². The highest BCUT2D eigenvalue weighted by atomic mass is 32.2. The minimum Gasteiger partial charge on any atom is -0.352 e. The van der Waals surface area contributed by atoms with E-state index in [2.05, 4.69) is 5.32 Å². The van der Waals surface area contributed by atoms with E-state index in [4.69, 9.17) is 0 Å². The van der Waals surface area contributed by atoms with Crippen molar-refractivity contribution < 1.29 is 13.2 Å². The zero-order valence-electron chi connectivity index (χ0n) is 14.4. The molecule has 2 rings (SSSR count). The predicted molar refractivity (Wildman–Crippen MR) is 94.4 cm³/mol. The maximum absolute atomic E-state index is 12.6. The molecule has 1 fully saturated rings. The summed E-state index contributed by atoms with van der Waals surface area (Å²) in [6.45, 7) is 5.77. The van der Waals surface area contributed by atoms with E-state index in [9.17, 15) is 13.2 Å². The highest BCUT2D eigenvalue weighted by Gasteiger charge is 2.34. The van der Waals surface area contributed by atoms with E-state index in [1.54, 1.807) is 0 Å². The van der Waals surface area contributed by atoms with E-state index >= 15 is 0 Å². The lowest BCUT2D eigenvalue weighted by molar-refractivity contribution is -0.126. The Hall–Kier alpha value is -1.44. The maximum Gasteiger partial charge on any atom is 0.281 e. The lowest BCUT2D eigenvalue weighted by atomic mass is 9.99. The first-order valence-electron chi connectivity index (χ1n) is 8.55. The summed E-state index contributed by atoms with van der Waals surface area (Å²) in [4.78, 5) is 12.4. The molecule has 1 aliphatic heterocycles. The molecule has 24 heavy (non-hydrogen) atoms. The van der Waals surface area contributed by atoms with Crippen molar-refractivity contribution >= 4 is 16.1 Å². The van der Waals surface area contributed by atoms with E-state index in [1.165, 1.54) is 8.61 Å². The van der Waals surface area contributed by atoms with Gasteiger partial charge in [0.15, 0.2) is 0 Å². The third-order valence-corrected chi connectivity index (χ3v) is 6.58. The molecule has 6 nitrogen and oxygen atoms in total. The first-order valence-corrected chi connectivity index (χ1v) is 9.95. The maximum atomic E-state index is 12.6. The van der Waals surface area contributed by atoms with Gasteiger partial charge in [0.25, 0.3) is 10.2 Å². The molecule has 0 unspecified atom stereocenters. The molecule has 0 bridgehead atoms. The molecule has 1 heterocycles. The molecule has 0 spiro atoms. The van der Waals surface area contributed by atoms with Gasteiger partial charge in [-0.2, -0.15) is 17.0 Å². The number of nitrogens with one attached hydrogen (secondary N) is 1. The monoisotopic (exact) mass is 353 g/mol. The molecule has 0 radical (unpaired) electrons. The van der Waals surface area contributed by atoms with Crippen LogP contribution in [0.2, 0.25) is 0 Å². The van der Waals surface area contributed by atoms with E-state index in [-0.39, 0.29) is 18.4 Å². The minimum absolute atomic E-state index is 0.0710. The Morgan fingerprint density at radius 3 is 2.54 bits per heavy atom. The lowest BCUT2D eigenvalue weighted by Crippen LogP contribution is -2.50. The van der Waals surface area contributed by atoms with Crippen LogP contribution >= 0.6 is 0 Å². The number of amides is 1. The van der Waals surface area contributed by atoms with Gasteiger partial charge in [-0.15, -0.1) is 0 Å². The van der Waals surface area contributed by atoms with Crippen LogP contribution in [0.5, 0.6) is 0 Å². The molecule has 1 aliphatic rings. The first kappa shape index (κ1) is 18.9. The molecule has 1 aromatic carbocycles. The predicted octanol–water partition coefficient (Wildman–Crippen LogP) is 1.60. The van der Waals surface area contributed by atoms with Crippen LogP contribution in [0.3, 0.4) is 0 Å². The SMILES string of the molecule is CCN(CC)S(=O)(=O)N1CCC[C@H](C(=O)NCc2ccccc2)C1. The summed E-state index contributed by atoms with van der Waals surface area (Å²) < 4.78 is 28.1. The first-order chi connectivity index (χ1) is 11.5. The Bertz CT molecular complexity index is 630. The van der Waals surface area contributed by atoms with Crippen LogP contribution in [0.15, 0.2) is 30.3 Å². The van der Waals surface area contributed by atoms with Crippen LogP contribution in [0.4, 0.5) is 0 Å². The second-order valence-electron chi connectivity index (χ2n) is 5.99. The fourth-order valence-electron chi connectivity index (χ4n) is 3.01. The number of nitrogens with zero attached hydrogens (tertiary/aromatic N) is 2. The molecule has 1 saturated heterocycles. The van der Waals surface area contributed by atoms with Gasteiger partial charge in [-0.3, -0.25) is 4.79 Å². The quantitative estimate of drug-likeness (QED) is 0.809. The lowest BCUT2D eigenvalue weighted by Gasteiger charge is -2.34. The standard InChI is InChI=1S/C17H27N3O3S/c1-3-19(4-2)24(22,23)20-12-8-11-16(14-20)17(21)18-13-15-9-6-5-7-10-15/h5-7,9-10,16H,3-4,8,11-14H2,1-2H3,(H,18,21)/t16-/m0/s1. The van der Waals surface area contributed by atoms with Gasteiger partial charge < -0.3 is 5.32 Å². The highest BCUT2D eigenvalue weighted by Crippen LogP contribution is 2.21. The number of benzene rings is 1. The molecule has 0 aliphatic carbocycles. The van der Waals surface area contributed by atoms with Gasteiger partial charge in [0.1, 0.15) is 0 Å². The van der Waals surface area contributed by atoms with Crippen LogP contribution in [0.1, 0.15) is 32.3 Å². The molecule has 1 aromatic rings. The molecule has 0 aromatic heterocycles. The number of rotatable bonds is 7. The average Bonchev–Trinajstić information content (AvgIpc) is 2.61. The van der Waals surface area contributed by atoms with Crippen molar-refractivity contribution in [1.29, 1.82) is 0 Å². The van der Waals surface area contributed by atoms with Crippen LogP contribution in [0.25, 0.3) is 0 Å². The van der Waals surface area contributed by atoms with Gasteiger partial charge in [-0.1, -0.05) is 44.2 Å². The number of carbonyl (C=O) groups is 1. The zero-order chi connectivity index (χ0) is 17.6.